The minimum absolute atomic E-state index is 0.800. The van der Waals surface area contributed by atoms with E-state index >= 15 is 0 Å². The Morgan fingerprint density at radius 2 is 2.05 bits per heavy atom. The highest BCUT2D eigenvalue weighted by Crippen LogP contribution is 2.27. The number of nitrogens with zero attached hydrogens (tertiary/aromatic N) is 1. The van der Waals surface area contributed by atoms with E-state index < -0.39 is 10.4 Å². The molecule has 0 unspecified atom stereocenters. The van der Waals surface area contributed by atoms with Crippen molar-refractivity contribution in [2.24, 2.45) is 7.05 Å². The molecule has 2 rings (SSSR count). The molecule has 0 N–H and O–H groups in total. The number of halogens is 1. The molecule has 0 aliphatic heterocycles. The molecule has 0 aliphatic carbocycles. The molecular weight excluding hydrogens is 330 g/mol. The second-order valence-electron chi connectivity index (χ2n) is 3.32. The number of aryl methyl sites for hydroxylation is 1. The minimum atomic E-state index is -4.41. The molecule has 0 saturated heterocycles. The van der Waals surface area contributed by atoms with E-state index in [1.807, 2.05) is 12.1 Å². The van der Waals surface area contributed by atoms with Gasteiger partial charge in [0.15, 0.2) is 0 Å². The fraction of sp³-hybridized carbons (Fsp3) is 0.300. The van der Waals surface area contributed by atoms with Crippen molar-refractivity contribution in [3.63, 3.8) is 0 Å². The first kappa shape index (κ1) is 16.7. The Kier molecular flexibility index (Phi) is 6.03. The van der Waals surface area contributed by atoms with E-state index in [1.165, 1.54) is 14.6 Å². The molecule has 106 valence electrons. The highest BCUT2D eigenvalue weighted by molar-refractivity contribution is 8.00. The maximum absolute atomic E-state index is 9.22. The van der Waals surface area contributed by atoms with Crippen LogP contribution in [0.25, 0.3) is 10.2 Å². The average Bonchev–Trinajstić information content (AvgIpc) is 2.66. The molecule has 2 aromatic rings. The van der Waals surface area contributed by atoms with Crippen LogP contribution in [0, 0.1) is 0 Å². The third-order valence-corrected chi connectivity index (χ3v) is 5.16. The Labute approximate surface area is 125 Å². The van der Waals surface area contributed by atoms with Crippen LogP contribution in [-0.2, 0) is 21.6 Å². The van der Waals surface area contributed by atoms with Gasteiger partial charge in [0.2, 0.25) is 15.9 Å². The SMILES string of the molecule is COS(=O)(=O)[O-].CSc1sc2ccc(Cl)cc2[n+]1C. The zero-order valence-electron chi connectivity index (χ0n) is 10.4. The van der Waals surface area contributed by atoms with Crippen molar-refractivity contribution >= 4 is 55.3 Å². The molecule has 0 fully saturated rings. The summed E-state index contributed by atoms with van der Waals surface area (Å²) in [5.41, 5.74) is 1.21. The lowest BCUT2D eigenvalue weighted by atomic mass is 10.3. The molecule has 0 atom stereocenters. The second kappa shape index (κ2) is 6.87. The minimum Gasteiger partial charge on any atom is -0.726 e. The van der Waals surface area contributed by atoms with E-state index in [2.05, 4.69) is 28.1 Å². The van der Waals surface area contributed by atoms with Crippen LogP contribution in [0.1, 0.15) is 0 Å². The Hall–Kier alpha value is -0.380. The summed E-state index contributed by atoms with van der Waals surface area (Å²) in [6.45, 7) is 0. The topological polar surface area (TPSA) is 70.3 Å². The third-order valence-electron chi connectivity index (χ3n) is 2.13. The first-order valence-electron chi connectivity index (χ1n) is 4.92. The largest absolute Gasteiger partial charge is 0.726 e. The molecule has 0 amide bonds. The van der Waals surface area contributed by atoms with Crippen LogP contribution in [0.4, 0.5) is 0 Å². The van der Waals surface area contributed by atoms with E-state index in [9.17, 15) is 13.0 Å². The standard InChI is InChI=1S/C9H9ClNS2.CH4O4S/c1-11-7-5-6(10)3-4-8(7)13-9(11)12-2;1-5-6(2,3)4/h3-5H,1-2H3;1H3,(H,2,3,4)/q+1;/p-1. The highest BCUT2D eigenvalue weighted by Gasteiger charge is 2.15. The second-order valence-corrected chi connectivity index (χ2v) is 6.99. The Bertz CT molecular complexity index is 669. The summed E-state index contributed by atoms with van der Waals surface area (Å²) in [5.74, 6) is 0. The van der Waals surface area contributed by atoms with Crippen LogP contribution in [0.3, 0.4) is 0 Å². The quantitative estimate of drug-likeness (QED) is 0.362. The lowest BCUT2D eigenvalue weighted by molar-refractivity contribution is -0.676. The molecule has 5 nitrogen and oxygen atoms in total. The predicted molar refractivity (Wildman–Crippen MR) is 76.5 cm³/mol. The van der Waals surface area contributed by atoms with Gasteiger partial charge in [-0.25, -0.2) is 8.42 Å². The smallest absolute Gasteiger partial charge is 0.297 e. The van der Waals surface area contributed by atoms with E-state index in [-0.39, 0.29) is 0 Å². The Balaban J connectivity index is 0.000000258. The van der Waals surface area contributed by atoms with Crippen molar-refractivity contribution in [3.05, 3.63) is 23.2 Å². The van der Waals surface area contributed by atoms with E-state index in [4.69, 9.17) is 11.6 Å². The van der Waals surface area contributed by atoms with Gasteiger partial charge in [0.1, 0.15) is 11.7 Å². The number of hydrogen-bond donors (Lipinski definition) is 0. The molecule has 1 aromatic carbocycles. The van der Waals surface area contributed by atoms with Crippen LogP contribution in [0.2, 0.25) is 5.02 Å². The van der Waals surface area contributed by atoms with Gasteiger partial charge >= 0.3 is 0 Å². The summed E-state index contributed by atoms with van der Waals surface area (Å²) < 4.78 is 35.8. The number of aromatic nitrogens is 1. The van der Waals surface area contributed by atoms with E-state index in [0.29, 0.717) is 0 Å². The number of hydrogen-bond acceptors (Lipinski definition) is 6. The molecule has 1 aromatic heterocycles. The van der Waals surface area contributed by atoms with Crippen molar-refractivity contribution < 1.29 is 21.7 Å². The lowest BCUT2D eigenvalue weighted by Crippen LogP contribution is -2.27. The molecule has 9 heteroatoms. The zero-order valence-corrected chi connectivity index (χ0v) is 13.6. The molecule has 1 heterocycles. The van der Waals surface area contributed by atoms with Crippen LogP contribution in [0.15, 0.2) is 22.5 Å². The summed E-state index contributed by atoms with van der Waals surface area (Å²) in [7, 11) is -1.53. The van der Waals surface area contributed by atoms with Gasteiger partial charge in [-0.2, -0.15) is 4.57 Å². The van der Waals surface area contributed by atoms with Crippen LogP contribution < -0.4 is 4.57 Å². The molecule has 0 saturated carbocycles. The van der Waals surface area contributed by atoms with Gasteiger partial charge in [0, 0.05) is 11.1 Å². The lowest BCUT2D eigenvalue weighted by Gasteiger charge is -1.98. The molecule has 0 radical (unpaired) electrons. The van der Waals surface area contributed by atoms with Gasteiger partial charge < -0.3 is 4.55 Å². The summed E-state index contributed by atoms with van der Waals surface area (Å²) >= 11 is 9.49. The Morgan fingerprint density at radius 1 is 1.47 bits per heavy atom. The summed E-state index contributed by atoms with van der Waals surface area (Å²) in [6.07, 6.45) is 2.09. The molecule has 19 heavy (non-hydrogen) atoms. The number of fused-ring (bicyclic) bond motifs is 1. The van der Waals surface area contributed by atoms with Crippen LogP contribution in [0.5, 0.6) is 0 Å². The van der Waals surface area contributed by atoms with E-state index in [1.54, 1.807) is 23.1 Å². The van der Waals surface area contributed by atoms with Gasteiger partial charge in [-0.05, 0) is 30.2 Å². The average molecular weight is 342 g/mol. The summed E-state index contributed by atoms with van der Waals surface area (Å²) in [6, 6.07) is 6.01. The first-order chi connectivity index (χ1) is 8.78. The van der Waals surface area contributed by atoms with Crippen LogP contribution in [-0.4, -0.2) is 26.3 Å². The summed E-state index contributed by atoms with van der Waals surface area (Å²) in [5, 5.41) is 0.800. The number of benzene rings is 1. The van der Waals surface area contributed by atoms with Gasteiger partial charge in [-0.15, -0.1) is 0 Å². The molecule has 0 aliphatic rings. The Morgan fingerprint density at radius 3 is 2.53 bits per heavy atom. The van der Waals surface area contributed by atoms with Gasteiger partial charge in [0.25, 0.3) is 4.34 Å². The predicted octanol–water partition coefficient (Wildman–Crippen LogP) is 2.19. The first-order valence-corrected chi connectivity index (χ1v) is 8.67. The summed E-state index contributed by atoms with van der Waals surface area (Å²) in [4.78, 5) is 0. The maximum Gasteiger partial charge on any atom is 0.297 e. The van der Waals surface area contributed by atoms with Crippen molar-refractivity contribution in [2.75, 3.05) is 13.4 Å². The number of thioether (sulfide) groups is 1. The van der Waals surface area contributed by atoms with Gasteiger partial charge in [0.05, 0.1) is 7.11 Å². The number of thiazole rings is 1. The van der Waals surface area contributed by atoms with Gasteiger partial charge in [-0.1, -0.05) is 22.9 Å². The van der Waals surface area contributed by atoms with Crippen molar-refractivity contribution in [1.82, 2.24) is 0 Å². The van der Waals surface area contributed by atoms with E-state index in [0.717, 1.165) is 12.1 Å². The fourth-order valence-electron chi connectivity index (χ4n) is 1.28. The number of rotatable bonds is 2. The molecular formula is C10H12ClNO4S3. The van der Waals surface area contributed by atoms with Crippen molar-refractivity contribution in [1.29, 1.82) is 0 Å². The monoisotopic (exact) mass is 341 g/mol. The molecule has 0 spiro atoms. The van der Waals surface area contributed by atoms with Crippen LogP contribution >= 0.6 is 34.7 Å². The fourth-order valence-corrected chi connectivity index (χ4v) is 3.28. The van der Waals surface area contributed by atoms with Crippen molar-refractivity contribution in [3.8, 4) is 0 Å². The maximum atomic E-state index is 9.22. The molecule has 0 bridgehead atoms. The van der Waals surface area contributed by atoms with Crippen molar-refractivity contribution in [2.45, 2.75) is 4.34 Å². The normalized spacial score (nSPS) is 11.2. The highest BCUT2D eigenvalue weighted by atomic mass is 35.5. The third kappa shape index (κ3) is 4.90. The van der Waals surface area contributed by atoms with Gasteiger partial charge in [-0.3, -0.25) is 4.18 Å². The zero-order chi connectivity index (χ0) is 14.6.